The van der Waals surface area contributed by atoms with Gasteiger partial charge in [0, 0.05) is 16.1 Å². The highest BCUT2D eigenvalue weighted by Gasteiger charge is 2.22. The van der Waals surface area contributed by atoms with Gasteiger partial charge < -0.3 is 5.73 Å². The normalized spacial score (nSPS) is 13.1. The van der Waals surface area contributed by atoms with Crippen molar-refractivity contribution >= 4 is 31.6 Å². The minimum Gasteiger partial charge on any atom is -0.398 e. The fourth-order valence-corrected chi connectivity index (χ4v) is 3.66. The van der Waals surface area contributed by atoms with Crippen LogP contribution in [0.5, 0.6) is 0 Å². The van der Waals surface area contributed by atoms with Crippen molar-refractivity contribution < 1.29 is 12.8 Å². The van der Waals surface area contributed by atoms with E-state index in [0.29, 0.717) is 4.47 Å². The predicted octanol–water partition coefficient (Wildman–Crippen LogP) is 3.21. The van der Waals surface area contributed by atoms with Gasteiger partial charge in [-0.15, -0.1) is 0 Å². The molecule has 2 aromatic carbocycles. The molecular formula is C14H14BrFN2O2S. The van der Waals surface area contributed by atoms with Crippen molar-refractivity contribution in [2.75, 3.05) is 5.73 Å². The summed E-state index contributed by atoms with van der Waals surface area (Å²) >= 11 is 3.22. The summed E-state index contributed by atoms with van der Waals surface area (Å²) in [6.07, 6.45) is 0. The van der Waals surface area contributed by atoms with Crippen molar-refractivity contribution in [2.45, 2.75) is 17.9 Å². The number of sulfonamides is 1. The van der Waals surface area contributed by atoms with Crippen LogP contribution < -0.4 is 10.5 Å². The molecule has 2 rings (SSSR count). The zero-order chi connectivity index (χ0) is 15.6. The average molecular weight is 373 g/mol. The first kappa shape index (κ1) is 15.9. The molecule has 0 bridgehead atoms. The number of nitrogens with one attached hydrogen (secondary N) is 1. The molecule has 7 heteroatoms. The molecular weight excluding hydrogens is 359 g/mol. The molecule has 0 spiro atoms. The first-order chi connectivity index (χ1) is 9.81. The van der Waals surface area contributed by atoms with E-state index in [1.165, 1.54) is 24.3 Å². The zero-order valence-electron chi connectivity index (χ0n) is 11.2. The summed E-state index contributed by atoms with van der Waals surface area (Å²) in [4.78, 5) is -0.0334. The van der Waals surface area contributed by atoms with Crippen molar-refractivity contribution in [1.29, 1.82) is 0 Å². The summed E-state index contributed by atoms with van der Waals surface area (Å²) in [6, 6.07) is 9.79. The maximum atomic E-state index is 13.7. The van der Waals surface area contributed by atoms with Gasteiger partial charge in [-0.3, -0.25) is 0 Å². The maximum absolute atomic E-state index is 13.7. The minimum absolute atomic E-state index is 0.0334. The summed E-state index contributed by atoms with van der Waals surface area (Å²) < 4.78 is 41.5. The highest BCUT2D eigenvalue weighted by molar-refractivity contribution is 9.10. The molecule has 0 fully saturated rings. The lowest BCUT2D eigenvalue weighted by molar-refractivity contribution is 0.550. The summed E-state index contributed by atoms with van der Waals surface area (Å²) in [5, 5.41) is 0. The van der Waals surface area contributed by atoms with Crippen LogP contribution in [0.3, 0.4) is 0 Å². The molecule has 0 aromatic heterocycles. The molecule has 2 aromatic rings. The Kier molecular flexibility index (Phi) is 4.65. The van der Waals surface area contributed by atoms with E-state index in [2.05, 4.69) is 20.7 Å². The van der Waals surface area contributed by atoms with Crippen LogP contribution in [0.2, 0.25) is 0 Å². The molecule has 0 aliphatic rings. The SMILES string of the molecule is CC(NS(=O)(=O)c1ccc(Br)cc1N)c1ccccc1F. The van der Waals surface area contributed by atoms with Gasteiger partial charge in [0.1, 0.15) is 10.7 Å². The van der Waals surface area contributed by atoms with Gasteiger partial charge in [0.15, 0.2) is 0 Å². The van der Waals surface area contributed by atoms with Crippen LogP contribution in [0.15, 0.2) is 51.8 Å². The average Bonchev–Trinajstić information content (AvgIpc) is 2.37. The van der Waals surface area contributed by atoms with Crippen LogP contribution >= 0.6 is 15.9 Å². The lowest BCUT2D eigenvalue weighted by Crippen LogP contribution is -2.28. The fraction of sp³-hybridized carbons (Fsp3) is 0.143. The molecule has 0 amide bonds. The van der Waals surface area contributed by atoms with Gasteiger partial charge in [0.05, 0.1) is 5.69 Å². The number of nitrogens with two attached hydrogens (primary N) is 1. The Balaban J connectivity index is 2.31. The largest absolute Gasteiger partial charge is 0.398 e. The molecule has 0 saturated carbocycles. The summed E-state index contributed by atoms with van der Waals surface area (Å²) in [6.45, 7) is 1.57. The molecule has 21 heavy (non-hydrogen) atoms. The number of rotatable bonds is 4. The topological polar surface area (TPSA) is 72.2 Å². The van der Waals surface area contributed by atoms with Gasteiger partial charge in [-0.1, -0.05) is 34.1 Å². The van der Waals surface area contributed by atoms with Gasteiger partial charge in [0.2, 0.25) is 10.0 Å². The van der Waals surface area contributed by atoms with Crippen LogP contribution in [0.1, 0.15) is 18.5 Å². The Bertz CT molecular complexity index is 765. The molecule has 4 nitrogen and oxygen atoms in total. The van der Waals surface area contributed by atoms with Crippen LogP contribution in [0, 0.1) is 5.82 Å². The summed E-state index contributed by atoms with van der Waals surface area (Å²) in [7, 11) is -3.83. The van der Waals surface area contributed by atoms with E-state index in [4.69, 9.17) is 5.73 Å². The van der Waals surface area contributed by atoms with E-state index < -0.39 is 21.9 Å². The third kappa shape index (κ3) is 3.61. The first-order valence-corrected chi connectivity index (χ1v) is 8.40. The second kappa shape index (κ2) is 6.13. The van der Waals surface area contributed by atoms with Crippen LogP contribution in [0.25, 0.3) is 0 Å². The zero-order valence-corrected chi connectivity index (χ0v) is 13.6. The minimum atomic E-state index is -3.83. The Morgan fingerprint density at radius 3 is 2.52 bits per heavy atom. The van der Waals surface area contributed by atoms with Crippen molar-refractivity contribution in [3.8, 4) is 0 Å². The van der Waals surface area contributed by atoms with E-state index in [-0.39, 0.29) is 16.1 Å². The lowest BCUT2D eigenvalue weighted by Gasteiger charge is -2.16. The molecule has 1 unspecified atom stereocenters. The number of nitrogen functional groups attached to an aromatic ring is 1. The highest BCUT2D eigenvalue weighted by atomic mass is 79.9. The number of hydrogen-bond acceptors (Lipinski definition) is 3. The molecule has 0 radical (unpaired) electrons. The van der Waals surface area contributed by atoms with Gasteiger partial charge in [-0.25, -0.2) is 17.5 Å². The molecule has 0 aliphatic carbocycles. The molecule has 0 heterocycles. The third-order valence-electron chi connectivity index (χ3n) is 2.97. The predicted molar refractivity (Wildman–Crippen MR) is 83.7 cm³/mol. The second-order valence-corrected chi connectivity index (χ2v) is 7.14. The Morgan fingerprint density at radius 1 is 1.24 bits per heavy atom. The van der Waals surface area contributed by atoms with E-state index in [0.717, 1.165) is 0 Å². The van der Waals surface area contributed by atoms with Crippen molar-refractivity contribution in [2.24, 2.45) is 0 Å². The van der Waals surface area contributed by atoms with Crippen LogP contribution in [-0.4, -0.2) is 8.42 Å². The maximum Gasteiger partial charge on any atom is 0.243 e. The quantitative estimate of drug-likeness (QED) is 0.809. The standard InChI is InChI=1S/C14H14BrFN2O2S/c1-9(11-4-2-3-5-12(11)16)18-21(19,20)14-7-6-10(15)8-13(14)17/h2-9,18H,17H2,1H3. The van der Waals surface area contributed by atoms with Crippen molar-refractivity contribution in [3.05, 3.63) is 58.3 Å². The number of hydrogen-bond donors (Lipinski definition) is 2. The van der Waals surface area contributed by atoms with Crippen LogP contribution in [-0.2, 0) is 10.0 Å². The molecule has 0 aliphatic heterocycles. The van der Waals surface area contributed by atoms with Gasteiger partial charge >= 0.3 is 0 Å². The van der Waals surface area contributed by atoms with Crippen molar-refractivity contribution in [3.63, 3.8) is 0 Å². The number of benzene rings is 2. The summed E-state index contributed by atoms with van der Waals surface area (Å²) in [5.41, 5.74) is 6.13. The molecule has 1 atom stereocenters. The summed E-state index contributed by atoms with van der Waals surface area (Å²) in [5.74, 6) is -0.462. The van der Waals surface area contributed by atoms with Crippen LogP contribution in [0.4, 0.5) is 10.1 Å². The smallest absolute Gasteiger partial charge is 0.243 e. The highest BCUT2D eigenvalue weighted by Crippen LogP contribution is 2.25. The molecule has 0 saturated heterocycles. The molecule has 112 valence electrons. The van der Waals surface area contributed by atoms with Gasteiger partial charge in [-0.2, -0.15) is 0 Å². The second-order valence-electron chi connectivity index (χ2n) is 4.55. The van der Waals surface area contributed by atoms with E-state index in [9.17, 15) is 12.8 Å². The number of halogens is 2. The Labute approximate surface area is 131 Å². The third-order valence-corrected chi connectivity index (χ3v) is 5.07. The monoisotopic (exact) mass is 372 g/mol. The van der Waals surface area contributed by atoms with Gasteiger partial charge in [-0.05, 0) is 31.2 Å². The van der Waals surface area contributed by atoms with Gasteiger partial charge in [0.25, 0.3) is 0 Å². The van der Waals surface area contributed by atoms with E-state index >= 15 is 0 Å². The van der Waals surface area contributed by atoms with Crippen molar-refractivity contribution in [1.82, 2.24) is 4.72 Å². The van der Waals surface area contributed by atoms with E-state index in [1.807, 2.05) is 0 Å². The Morgan fingerprint density at radius 2 is 1.90 bits per heavy atom. The molecule has 3 N–H and O–H groups in total. The fourth-order valence-electron chi connectivity index (χ4n) is 1.95. The lowest BCUT2D eigenvalue weighted by atomic mass is 10.1. The first-order valence-electron chi connectivity index (χ1n) is 6.13. The Hall–Kier alpha value is -1.44. The number of anilines is 1. The van der Waals surface area contributed by atoms with E-state index in [1.54, 1.807) is 25.1 Å².